The molecule has 8 heteroatoms. The van der Waals surface area contributed by atoms with Crippen molar-refractivity contribution in [3.8, 4) is 0 Å². The highest BCUT2D eigenvalue weighted by Gasteiger charge is 2.34. The number of hydrogen-bond donors (Lipinski definition) is 0. The number of fused-ring (bicyclic) bond motifs is 1. The molecule has 0 aliphatic carbocycles. The van der Waals surface area contributed by atoms with Gasteiger partial charge in [-0.1, -0.05) is 23.4 Å². The lowest BCUT2D eigenvalue weighted by atomic mass is 10.1. The Morgan fingerprint density at radius 2 is 1.84 bits per heavy atom. The predicted octanol–water partition coefficient (Wildman–Crippen LogP) is 4.47. The van der Waals surface area contributed by atoms with Gasteiger partial charge in [-0.05, 0) is 47.1 Å². The van der Waals surface area contributed by atoms with Gasteiger partial charge in [-0.2, -0.15) is 0 Å². The fourth-order valence-corrected chi connectivity index (χ4v) is 3.25. The number of methoxy groups -OCH3 is 1. The van der Waals surface area contributed by atoms with Crippen molar-refractivity contribution in [2.24, 2.45) is 5.16 Å². The van der Waals surface area contributed by atoms with Crippen molar-refractivity contribution in [1.82, 2.24) is 9.47 Å². The lowest BCUT2D eigenvalue weighted by molar-refractivity contribution is 0.0316. The van der Waals surface area contributed by atoms with E-state index >= 15 is 0 Å². The molecule has 1 heterocycles. The van der Waals surface area contributed by atoms with Gasteiger partial charge in [0.05, 0.1) is 5.56 Å². The number of amidine groups is 1. The van der Waals surface area contributed by atoms with Gasteiger partial charge in [-0.25, -0.2) is 4.79 Å². The zero-order valence-electron chi connectivity index (χ0n) is 19.5. The van der Waals surface area contributed by atoms with Crippen LogP contribution in [0.3, 0.4) is 0 Å². The number of amides is 1. The number of nitrogens with zero attached hydrogens (tertiary/aromatic N) is 3. The van der Waals surface area contributed by atoms with Crippen LogP contribution in [0.4, 0.5) is 4.79 Å². The third-order valence-electron chi connectivity index (χ3n) is 4.50. The summed E-state index contributed by atoms with van der Waals surface area (Å²) in [6.07, 6.45) is 1.94. The second kappa shape index (κ2) is 10.4. The molecular formula is C23H33N3O5. The first kappa shape index (κ1) is 24.4. The molecule has 0 spiro atoms. The molecule has 1 amide bonds. The highest BCUT2D eigenvalue weighted by molar-refractivity contribution is 6.48. The van der Waals surface area contributed by atoms with Crippen molar-refractivity contribution < 1.29 is 23.9 Å². The van der Waals surface area contributed by atoms with E-state index in [0.29, 0.717) is 18.7 Å². The van der Waals surface area contributed by atoms with E-state index in [0.717, 1.165) is 17.3 Å². The molecule has 0 saturated heterocycles. The highest BCUT2D eigenvalue weighted by atomic mass is 16.6. The molecule has 1 aromatic carbocycles. The molecule has 31 heavy (non-hydrogen) atoms. The molecule has 0 atom stereocenters. The van der Waals surface area contributed by atoms with Crippen molar-refractivity contribution >= 4 is 28.6 Å². The smallest absolute Gasteiger partial charge is 0.416 e. The number of oxime groups is 1. The Morgan fingerprint density at radius 3 is 2.42 bits per heavy atom. The van der Waals surface area contributed by atoms with Crippen LogP contribution in [0.25, 0.3) is 10.9 Å². The van der Waals surface area contributed by atoms with Crippen LogP contribution in [-0.2, 0) is 20.9 Å². The van der Waals surface area contributed by atoms with Gasteiger partial charge < -0.3 is 18.9 Å². The number of hydrogen-bond acceptors (Lipinski definition) is 6. The first-order valence-corrected chi connectivity index (χ1v) is 10.4. The molecule has 0 bridgehead atoms. The minimum Gasteiger partial charge on any atom is -0.443 e. The maximum Gasteiger partial charge on any atom is 0.416 e. The molecule has 170 valence electrons. The van der Waals surface area contributed by atoms with Crippen molar-refractivity contribution in [3.05, 3.63) is 36.0 Å². The first-order valence-electron chi connectivity index (χ1n) is 10.4. The van der Waals surface area contributed by atoms with Gasteiger partial charge in [0.15, 0.2) is 0 Å². The van der Waals surface area contributed by atoms with Crippen LogP contribution in [0.2, 0.25) is 0 Å². The number of aryl methyl sites for hydroxylation is 1. The second-order valence-corrected chi connectivity index (χ2v) is 8.47. The van der Waals surface area contributed by atoms with Crippen LogP contribution < -0.4 is 0 Å². The number of ketones is 1. The summed E-state index contributed by atoms with van der Waals surface area (Å²) in [6.45, 7) is 10.2. The molecule has 0 radical (unpaired) electrons. The van der Waals surface area contributed by atoms with Crippen molar-refractivity contribution in [2.45, 2.75) is 59.2 Å². The third-order valence-corrected chi connectivity index (χ3v) is 4.50. The van der Waals surface area contributed by atoms with Crippen LogP contribution >= 0.6 is 0 Å². The Bertz CT molecular complexity index is 940. The molecular weight excluding hydrogens is 398 g/mol. The zero-order valence-corrected chi connectivity index (χ0v) is 19.5. The largest absolute Gasteiger partial charge is 0.443 e. The Hall–Kier alpha value is -2.87. The average Bonchev–Trinajstić information content (AvgIpc) is 3.04. The van der Waals surface area contributed by atoms with Crippen LogP contribution in [0.15, 0.2) is 35.6 Å². The van der Waals surface area contributed by atoms with E-state index in [2.05, 4.69) is 5.16 Å². The standard InChI is InChI=1S/C23H33N3O5/c1-16(2)26(22(28)31-23(3,4)5)21(24-30-7)20(27)18-15-25(13-10-14-29-6)19-12-9-8-11-17(18)19/h8-9,11-12,15-16H,10,13-14H2,1-7H3/b24-21+. The minimum atomic E-state index is -0.719. The number of para-hydroxylation sites is 1. The molecule has 0 unspecified atom stereocenters. The summed E-state index contributed by atoms with van der Waals surface area (Å²) < 4.78 is 12.7. The fraction of sp³-hybridized carbons (Fsp3) is 0.522. The van der Waals surface area contributed by atoms with E-state index in [-0.39, 0.29) is 11.9 Å². The van der Waals surface area contributed by atoms with Crippen LogP contribution in [0.5, 0.6) is 0 Å². The summed E-state index contributed by atoms with van der Waals surface area (Å²) in [6, 6.07) is 7.27. The van der Waals surface area contributed by atoms with Gasteiger partial charge in [0.2, 0.25) is 11.6 Å². The SMILES string of the molecule is COCCCn1cc(C(=O)/C(=N\OC)N(C(=O)OC(C)(C)C)C(C)C)c2ccccc21. The summed E-state index contributed by atoms with van der Waals surface area (Å²) in [5, 5.41) is 4.71. The van der Waals surface area contributed by atoms with Gasteiger partial charge in [0.25, 0.3) is 0 Å². The number of Topliss-reactive ketones (excluding diaryl/α,β-unsaturated/α-hetero) is 1. The third kappa shape index (κ3) is 6.07. The van der Waals surface area contributed by atoms with Gasteiger partial charge in [-0.15, -0.1) is 0 Å². The van der Waals surface area contributed by atoms with E-state index in [1.807, 2.05) is 28.8 Å². The molecule has 0 aliphatic rings. The quantitative estimate of drug-likeness (QED) is 0.203. The molecule has 2 aromatic rings. The number of aromatic nitrogens is 1. The van der Waals surface area contributed by atoms with Gasteiger partial charge in [0.1, 0.15) is 12.7 Å². The van der Waals surface area contributed by atoms with Gasteiger partial charge in [-0.3, -0.25) is 9.69 Å². The Kier molecular flexibility index (Phi) is 8.21. The van der Waals surface area contributed by atoms with E-state index in [1.54, 1.807) is 47.9 Å². The van der Waals surface area contributed by atoms with Crippen molar-refractivity contribution in [1.29, 1.82) is 0 Å². The Labute approximate surface area is 183 Å². The van der Waals surface area contributed by atoms with Crippen LogP contribution in [-0.4, -0.2) is 59.6 Å². The number of carbonyl (C=O) groups excluding carboxylic acids is 2. The minimum absolute atomic E-state index is 0.119. The summed E-state index contributed by atoms with van der Waals surface area (Å²) in [5.41, 5.74) is 0.646. The zero-order chi connectivity index (χ0) is 23.2. The van der Waals surface area contributed by atoms with Crippen LogP contribution in [0, 0.1) is 0 Å². The van der Waals surface area contributed by atoms with E-state index in [1.165, 1.54) is 12.0 Å². The average molecular weight is 432 g/mol. The molecule has 0 fully saturated rings. The molecule has 8 nitrogen and oxygen atoms in total. The summed E-state index contributed by atoms with van der Waals surface area (Å²) >= 11 is 0. The number of carbonyl (C=O) groups is 2. The number of rotatable bonds is 8. The monoisotopic (exact) mass is 431 g/mol. The van der Waals surface area contributed by atoms with E-state index in [4.69, 9.17) is 14.3 Å². The first-order chi connectivity index (χ1) is 14.6. The van der Waals surface area contributed by atoms with Gasteiger partial charge in [0, 0.05) is 43.4 Å². The van der Waals surface area contributed by atoms with E-state index < -0.39 is 17.5 Å². The topological polar surface area (TPSA) is 82.4 Å². The maximum atomic E-state index is 13.6. The Morgan fingerprint density at radius 1 is 1.16 bits per heavy atom. The lowest BCUT2D eigenvalue weighted by Gasteiger charge is -2.29. The van der Waals surface area contributed by atoms with Crippen molar-refractivity contribution in [3.63, 3.8) is 0 Å². The molecule has 2 rings (SSSR count). The molecule has 0 N–H and O–H groups in total. The second-order valence-electron chi connectivity index (χ2n) is 8.47. The molecule has 0 saturated carbocycles. The Balaban J connectivity index is 2.50. The normalized spacial score (nSPS) is 12.3. The summed E-state index contributed by atoms with van der Waals surface area (Å²) in [5.74, 6) is -0.533. The van der Waals surface area contributed by atoms with Gasteiger partial charge >= 0.3 is 6.09 Å². The maximum absolute atomic E-state index is 13.6. The molecule has 0 aliphatic heterocycles. The van der Waals surface area contributed by atoms with E-state index in [9.17, 15) is 9.59 Å². The summed E-state index contributed by atoms with van der Waals surface area (Å²) in [4.78, 5) is 32.7. The number of benzene rings is 1. The van der Waals surface area contributed by atoms with Crippen LogP contribution in [0.1, 0.15) is 51.4 Å². The highest BCUT2D eigenvalue weighted by Crippen LogP contribution is 2.24. The molecule has 1 aromatic heterocycles. The summed E-state index contributed by atoms with van der Waals surface area (Å²) in [7, 11) is 3.00. The number of ether oxygens (including phenoxy) is 2. The fourth-order valence-electron chi connectivity index (χ4n) is 3.25. The predicted molar refractivity (Wildman–Crippen MR) is 120 cm³/mol. The lowest BCUT2D eigenvalue weighted by Crippen LogP contribution is -2.48. The van der Waals surface area contributed by atoms with Crippen molar-refractivity contribution in [2.75, 3.05) is 20.8 Å².